The lowest BCUT2D eigenvalue weighted by Gasteiger charge is -2.24. The topological polar surface area (TPSA) is 112 Å². The van der Waals surface area contributed by atoms with Crippen molar-refractivity contribution in [2.24, 2.45) is 5.73 Å². The zero-order valence-electron chi connectivity index (χ0n) is 7.86. The summed E-state index contributed by atoms with van der Waals surface area (Å²) in [7, 11) is 0. The van der Waals surface area contributed by atoms with E-state index >= 15 is 0 Å². The van der Waals surface area contributed by atoms with Crippen molar-refractivity contribution in [2.45, 2.75) is 13.0 Å². The molecule has 0 fully saturated rings. The fraction of sp³-hybridized carbons (Fsp3) is 0.375. The molecule has 1 aliphatic heterocycles. The Hall–Kier alpha value is -2.05. The number of H-pyrrole nitrogens is 1. The molecule has 0 aromatic carbocycles. The maximum atomic E-state index is 10.9. The first-order valence-electron chi connectivity index (χ1n) is 4.43. The minimum Gasteiger partial charge on any atom is -0.476 e. The first-order valence-corrected chi connectivity index (χ1v) is 4.43. The quantitative estimate of drug-likeness (QED) is 0.582. The largest absolute Gasteiger partial charge is 0.476 e. The van der Waals surface area contributed by atoms with E-state index in [4.69, 9.17) is 10.8 Å². The molecule has 0 saturated carbocycles. The van der Waals surface area contributed by atoms with Crippen LogP contribution in [0.1, 0.15) is 21.7 Å². The fourth-order valence-corrected chi connectivity index (χ4v) is 1.68. The molecular weight excluding hydrogens is 200 g/mol. The lowest BCUT2D eigenvalue weighted by molar-refractivity contribution is 0.0689. The zero-order chi connectivity index (χ0) is 11.0. The first-order chi connectivity index (χ1) is 7.09. The standard InChI is InChI=1S/C8H10N4O3/c9-8(15)12-2-1-4-5(3-12)10-11-6(4)7(13)14/h1-3H2,(H2,9,15)(H,10,11)(H,13,14). The Bertz CT molecular complexity index is 426. The summed E-state index contributed by atoms with van der Waals surface area (Å²) in [5.74, 6) is -1.06. The second-order valence-corrected chi connectivity index (χ2v) is 3.34. The number of amides is 2. The average molecular weight is 210 g/mol. The number of nitrogens with zero attached hydrogens (tertiary/aromatic N) is 2. The van der Waals surface area contributed by atoms with Crippen LogP contribution in [0.3, 0.4) is 0 Å². The number of carboxylic acid groups (broad SMARTS) is 1. The summed E-state index contributed by atoms with van der Waals surface area (Å²) in [4.78, 5) is 23.1. The summed E-state index contributed by atoms with van der Waals surface area (Å²) in [6.45, 7) is 0.729. The van der Waals surface area contributed by atoms with Gasteiger partial charge in [0.05, 0.1) is 12.2 Å². The van der Waals surface area contributed by atoms with Crippen molar-refractivity contribution in [3.8, 4) is 0 Å². The predicted octanol–water partition coefficient (Wildman–Crippen LogP) is -0.455. The van der Waals surface area contributed by atoms with Crippen LogP contribution in [-0.2, 0) is 13.0 Å². The number of aromatic amines is 1. The number of carbonyl (C=O) groups is 2. The molecule has 2 heterocycles. The van der Waals surface area contributed by atoms with Gasteiger partial charge >= 0.3 is 12.0 Å². The van der Waals surface area contributed by atoms with Crippen LogP contribution in [-0.4, -0.2) is 38.7 Å². The van der Waals surface area contributed by atoms with Gasteiger partial charge in [-0.15, -0.1) is 0 Å². The van der Waals surface area contributed by atoms with Crippen molar-refractivity contribution in [3.63, 3.8) is 0 Å². The van der Waals surface area contributed by atoms with Crippen LogP contribution in [0.4, 0.5) is 4.79 Å². The molecule has 2 amide bonds. The van der Waals surface area contributed by atoms with E-state index in [1.165, 1.54) is 4.90 Å². The number of nitrogens with one attached hydrogen (secondary N) is 1. The highest BCUT2D eigenvalue weighted by molar-refractivity contribution is 5.87. The number of urea groups is 1. The lowest BCUT2D eigenvalue weighted by Crippen LogP contribution is -2.39. The molecule has 1 aliphatic rings. The maximum absolute atomic E-state index is 10.9. The maximum Gasteiger partial charge on any atom is 0.356 e. The SMILES string of the molecule is NC(=O)N1CCc2c(C(=O)O)n[nH]c2C1. The third-order valence-corrected chi connectivity index (χ3v) is 2.45. The number of aromatic carboxylic acids is 1. The molecule has 0 atom stereocenters. The number of fused-ring (bicyclic) bond motifs is 1. The van der Waals surface area contributed by atoms with E-state index in [2.05, 4.69) is 10.2 Å². The third kappa shape index (κ3) is 1.51. The highest BCUT2D eigenvalue weighted by atomic mass is 16.4. The van der Waals surface area contributed by atoms with Gasteiger partial charge in [0.15, 0.2) is 5.69 Å². The van der Waals surface area contributed by atoms with E-state index in [1.807, 2.05) is 0 Å². The van der Waals surface area contributed by atoms with Gasteiger partial charge in [0.1, 0.15) is 0 Å². The molecule has 15 heavy (non-hydrogen) atoms. The van der Waals surface area contributed by atoms with Gasteiger partial charge in [0.25, 0.3) is 0 Å². The Labute approximate surface area is 84.9 Å². The van der Waals surface area contributed by atoms with Gasteiger partial charge in [0, 0.05) is 12.1 Å². The predicted molar refractivity (Wildman–Crippen MR) is 49.2 cm³/mol. The van der Waals surface area contributed by atoms with Crippen molar-refractivity contribution in [1.82, 2.24) is 15.1 Å². The van der Waals surface area contributed by atoms with Crippen LogP contribution >= 0.6 is 0 Å². The number of primary amides is 1. The molecule has 2 rings (SSSR count). The van der Waals surface area contributed by atoms with Crippen molar-refractivity contribution in [1.29, 1.82) is 0 Å². The van der Waals surface area contributed by atoms with Gasteiger partial charge in [-0.2, -0.15) is 5.10 Å². The number of aromatic nitrogens is 2. The van der Waals surface area contributed by atoms with Gasteiger partial charge in [0.2, 0.25) is 0 Å². The number of carbonyl (C=O) groups excluding carboxylic acids is 1. The smallest absolute Gasteiger partial charge is 0.356 e. The summed E-state index contributed by atoms with van der Waals surface area (Å²) in [5.41, 5.74) is 6.48. The molecule has 1 aromatic heterocycles. The van der Waals surface area contributed by atoms with E-state index < -0.39 is 12.0 Å². The van der Waals surface area contributed by atoms with Crippen molar-refractivity contribution < 1.29 is 14.7 Å². The summed E-state index contributed by atoms with van der Waals surface area (Å²) in [6.07, 6.45) is 0.469. The normalized spacial score (nSPS) is 14.8. The Kier molecular flexibility index (Phi) is 2.07. The van der Waals surface area contributed by atoms with E-state index in [0.717, 1.165) is 0 Å². The Morgan fingerprint density at radius 1 is 1.53 bits per heavy atom. The van der Waals surface area contributed by atoms with E-state index in [9.17, 15) is 9.59 Å². The summed E-state index contributed by atoms with van der Waals surface area (Å²) in [6, 6.07) is -0.507. The highest BCUT2D eigenvalue weighted by Gasteiger charge is 2.25. The fourth-order valence-electron chi connectivity index (χ4n) is 1.68. The number of rotatable bonds is 1. The molecule has 4 N–H and O–H groups in total. The number of hydrogen-bond acceptors (Lipinski definition) is 3. The molecule has 0 aliphatic carbocycles. The third-order valence-electron chi connectivity index (χ3n) is 2.45. The van der Waals surface area contributed by atoms with Crippen molar-refractivity contribution in [3.05, 3.63) is 17.0 Å². The van der Waals surface area contributed by atoms with E-state index in [0.29, 0.717) is 30.8 Å². The zero-order valence-corrected chi connectivity index (χ0v) is 7.86. The highest BCUT2D eigenvalue weighted by Crippen LogP contribution is 2.19. The summed E-state index contributed by atoms with van der Waals surface area (Å²) >= 11 is 0. The molecule has 0 bridgehead atoms. The molecule has 7 nitrogen and oxygen atoms in total. The van der Waals surface area contributed by atoms with Crippen LogP contribution in [0.5, 0.6) is 0 Å². The molecular formula is C8H10N4O3. The van der Waals surface area contributed by atoms with Crippen LogP contribution in [0.2, 0.25) is 0 Å². The number of hydrogen-bond donors (Lipinski definition) is 3. The van der Waals surface area contributed by atoms with Gasteiger partial charge in [-0.25, -0.2) is 9.59 Å². The lowest BCUT2D eigenvalue weighted by atomic mass is 10.0. The molecule has 7 heteroatoms. The van der Waals surface area contributed by atoms with E-state index in [-0.39, 0.29) is 5.69 Å². The molecule has 80 valence electrons. The van der Waals surface area contributed by atoms with Gasteiger partial charge < -0.3 is 15.7 Å². The number of nitrogens with two attached hydrogens (primary N) is 1. The Balaban J connectivity index is 2.30. The number of carboxylic acids is 1. The minimum atomic E-state index is -1.06. The molecule has 0 radical (unpaired) electrons. The van der Waals surface area contributed by atoms with Gasteiger partial charge in [-0.3, -0.25) is 5.10 Å². The molecule has 1 aromatic rings. The van der Waals surface area contributed by atoms with Crippen LogP contribution in [0.15, 0.2) is 0 Å². The second-order valence-electron chi connectivity index (χ2n) is 3.34. The van der Waals surface area contributed by atoms with Crippen molar-refractivity contribution >= 4 is 12.0 Å². The summed E-state index contributed by atoms with van der Waals surface area (Å²) in [5, 5.41) is 15.1. The minimum absolute atomic E-state index is 0.0362. The molecule has 0 saturated heterocycles. The van der Waals surface area contributed by atoms with Gasteiger partial charge in [-0.1, -0.05) is 0 Å². The average Bonchev–Trinajstić information content (AvgIpc) is 2.59. The van der Waals surface area contributed by atoms with Crippen LogP contribution < -0.4 is 5.73 Å². The monoisotopic (exact) mass is 210 g/mol. The van der Waals surface area contributed by atoms with Gasteiger partial charge in [-0.05, 0) is 6.42 Å². The summed E-state index contributed by atoms with van der Waals surface area (Å²) < 4.78 is 0. The van der Waals surface area contributed by atoms with Crippen LogP contribution in [0.25, 0.3) is 0 Å². The first kappa shape index (κ1) is 9.50. The second kappa shape index (κ2) is 3.26. The molecule has 0 unspecified atom stereocenters. The van der Waals surface area contributed by atoms with Crippen LogP contribution in [0, 0.1) is 0 Å². The van der Waals surface area contributed by atoms with E-state index in [1.54, 1.807) is 0 Å². The van der Waals surface area contributed by atoms with Crippen molar-refractivity contribution in [2.75, 3.05) is 6.54 Å². The Morgan fingerprint density at radius 2 is 2.27 bits per heavy atom. The Morgan fingerprint density at radius 3 is 2.87 bits per heavy atom. The molecule has 0 spiro atoms.